The van der Waals surface area contributed by atoms with E-state index in [-0.39, 0.29) is 5.91 Å². The molecule has 1 amide bonds. The van der Waals surface area contributed by atoms with E-state index in [1.165, 1.54) is 5.56 Å². The van der Waals surface area contributed by atoms with Crippen LogP contribution < -0.4 is 0 Å². The third-order valence-electron chi connectivity index (χ3n) is 4.99. The van der Waals surface area contributed by atoms with Crippen LogP contribution in [0.15, 0.2) is 61.4 Å². The van der Waals surface area contributed by atoms with Crippen LogP contribution in [-0.2, 0) is 6.42 Å². The van der Waals surface area contributed by atoms with Crippen molar-refractivity contribution in [3.05, 3.63) is 72.6 Å². The Labute approximate surface area is 152 Å². The van der Waals surface area contributed by atoms with Crippen LogP contribution in [0.3, 0.4) is 0 Å². The number of nitrogens with zero attached hydrogens (tertiary/aromatic N) is 5. The molecule has 1 aromatic carbocycles. The molecule has 0 atom stereocenters. The molecular weight excluding hydrogens is 326 g/mol. The molecule has 0 spiro atoms. The highest BCUT2D eigenvalue weighted by Gasteiger charge is 2.24. The highest BCUT2D eigenvalue weighted by Crippen LogP contribution is 2.23. The summed E-state index contributed by atoms with van der Waals surface area (Å²) >= 11 is 0. The van der Waals surface area contributed by atoms with Gasteiger partial charge in [-0.25, -0.2) is 0 Å². The van der Waals surface area contributed by atoms with Crippen molar-refractivity contribution in [2.75, 3.05) is 13.1 Å². The zero-order valence-electron chi connectivity index (χ0n) is 14.5. The first-order valence-corrected chi connectivity index (χ1v) is 8.93. The number of aromatic nitrogens is 4. The molecule has 1 saturated heterocycles. The quantitative estimate of drug-likeness (QED) is 0.728. The number of rotatable bonds is 4. The first-order chi connectivity index (χ1) is 12.8. The zero-order valence-corrected chi connectivity index (χ0v) is 14.5. The van der Waals surface area contributed by atoms with Gasteiger partial charge in [0.25, 0.3) is 5.91 Å². The predicted molar refractivity (Wildman–Crippen MR) is 97.9 cm³/mol. The van der Waals surface area contributed by atoms with E-state index >= 15 is 0 Å². The summed E-state index contributed by atoms with van der Waals surface area (Å²) in [6.07, 6.45) is 10.1. The third kappa shape index (κ3) is 3.64. The Bertz CT molecular complexity index is 855. The van der Waals surface area contributed by atoms with Gasteiger partial charge in [0, 0.05) is 36.7 Å². The standard InChI is InChI=1S/C20H21N5O/c26-20(18-2-1-3-19(13-18)25-14-22-23-15-25)24-10-6-17(7-11-24)12-16-4-8-21-9-5-16/h1-5,8-9,13-15,17H,6-7,10-12H2. The number of likely N-dealkylation sites (tertiary alicyclic amines) is 1. The van der Waals surface area contributed by atoms with Crippen LogP contribution in [0, 0.1) is 5.92 Å². The normalized spacial score (nSPS) is 15.2. The minimum Gasteiger partial charge on any atom is -0.339 e. The molecule has 6 heteroatoms. The van der Waals surface area contributed by atoms with Gasteiger partial charge in [0.2, 0.25) is 0 Å². The topological polar surface area (TPSA) is 63.9 Å². The van der Waals surface area contributed by atoms with E-state index in [1.54, 1.807) is 17.2 Å². The molecule has 6 nitrogen and oxygen atoms in total. The van der Waals surface area contributed by atoms with Crippen molar-refractivity contribution < 1.29 is 4.79 Å². The summed E-state index contributed by atoms with van der Waals surface area (Å²) in [5, 5.41) is 7.64. The van der Waals surface area contributed by atoms with Gasteiger partial charge in [-0.05, 0) is 61.1 Å². The van der Waals surface area contributed by atoms with Gasteiger partial charge in [-0.15, -0.1) is 10.2 Å². The van der Waals surface area contributed by atoms with E-state index in [0.29, 0.717) is 11.5 Å². The van der Waals surface area contributed by atoms with Crippen LogP contribution >= 0.6 is 0 Å². The van der Waals surface area contributed by atoms with E-state index in [9.17, 15) is 4.79 Å². The first kappa shape index (κ1) is 16.4. The molecule has 0 unspecified atom stereocenters. The molecule has 0 saturated carbocycles. The van der Waals surface area contributed by atoms with Crippen LogP contribution in [-0.4, -0.2) is 43.6 Å². The van der Waals surface area contributed by atoms with Crippen molar-refractivity contribution in [2.45, 2.75) is 19.3 Å². The summed E-state index contributed by atoms with van der Waals surface area (Å²) in [5.41, 5.74) is 2.93. The molecule has 0 radical (unpaired) electrons. The lowest BCUT2D eigenvalue weighted by atomic mass is 9.90. The predicted octanol–water partition coefficient (Wildman–Crippen LogP) is 2.76. The zero-order chi connectivity index (χ0) is 17.8. The molecular formula is C20H21N5O. The molecule has 26 heavy (non-hydrogen) atoms. The van der Waals surface area contributed by atoms with Gasteiger partial charge in [0.1, 0.15) is 12.7 Å². The average Bonchev–Trinajstić information content (AvgIpc) is 3.24. The van der Waals surface area contributed by atoms with Crippen LogP contribution in [0.1, 0.15) is 28.8 Å². The van der Waals surface area contributed by atoms with Gasteiger partial charge in [0.15, 0.2) is 0 Å². The van der Waals surface area contributed by atoms with Crippen LogP contribution in [0.25, 0.3) is 5.69 Å². The summed E-state index contributed by atoms with van der Waals surface area (Å²) in [6.45, 7) is 1.62. The summed E-state index contributed by atoms with van der Waals surface area (Å²) in [5.74, 6) is 0.729. The summed E-state index contributed by atoms with van der Waals surface area (Å²) in [7, 11) is 0. The van der Waals surface area contributed by atoms with Gasteiger partial charge in [-0.1, -0.05) is 6.07 Å². The number of carbonyl (C=O) groups is 1. The minimum absolute atomic E-state index is 0.0993. The summed E-state index contributed by atoms with van der Waals surface area (Å²) < 4.78 is 1.80. The van der Waals surface area contributed by atoms with Crippen molar-refractivity contribution in [2.24, 2.45) is 5.92 Å². The highest BCUT2D eigenvalue weighted by molar-refractivity contribution is 5.94. The molecule has 0 N–H and O–H groups in total. The van der Waals surface area contributed by atoms with E-state index < -0.39 is 0 Å². The van der Waals surface area contributed by atoms with Crippen LogP contribution in [0.5, 0.6) is 0 Å². The Hall–Kier alpha value is -3.02. The van der Waals surface area contributed by atoms with E-state index in [0.717, 1.165) is 38.0 Å². The maximum absolute atomic E-state index is 12.9. The monoisotopic (exact) mass is 347 g/mol. The fourth-order valence-corrected chi connectivity index (χ4v) is 3.51. The number of carbonyl (C=O) groups excluding carboxylic acids is 1. The largest absolute Gasteiger partial charge is 0.339 e. The number of hydrogen-bond acceptors (Lipinski definition) is 4. The Morgan fingerprint density at radius 1 is 1.04 bits per heavy atom. The van der Waals surface area contributed by atoms with Gasteiger partial charge >= 0.3 is 0 Å². The van der Waals surface area contributed by atoms with Crippen molar-refractivity contribution in [3.63, 3.8) is 0 Å². The Kier molecular flexibility index (Phi) is 4.73. The van der Waals surface area contributed by atoms with E-state index in [4.69, 9.17) is 0 Å². The van der Waals surface area contributed by atoms with Gasteiger partial charge in [0.05, 0.1) is 0 Å². The number of hydrogen-bond donors (Lipinski definition) is 0. The third-order valence-corrected chi connectivity index (χ3v) is 4.99. The molecule has 1 aliphatic heterocycles. The molecule has 132 valence electrons. The molecule has 3 aromatic rings. The summed E-state index contributed by atoms with van der Waals surface area (Å²) in [6, 6.07) is 11.8. The van der Waals surface area contributed by atoms with Crippen LogP contribution in [0.2, 0.25) is 0 Å². The highest BCUT2D eigenvalue weighted by atomic mass is 16.2. The second kappa shape index (κ2) is 7.47. The second-order valence-corrected chi connectivity index (χ2v) is 6.71. The van der Waals surface area contributed by atoms with Crippen molar-refractivity contribution in [1.82, 2.24) is 24.6 Å². The Morgan fingerprint density at radius 2 is 1.77 bits per heavy atom. The molecule has 1 aliphatic rings. The molecule has 1 fully saturated rings. The SMILES string of the molecule is O=C(c1cccc(-n2cnnc2)c1)N1CCC(Cc2ccncc2)CC1. The summed E-state index contributed by atoms with van der Waals surface area (Å²) in [4.78, 5) is 18.9. The second-order valence-electron chi connectivity index (χ2n) is 6.71. The first-order valence-electron chi connectivity index (χ1n) is 8.93. The number of piperidine rings is 1. The molecule has 2 aromatic heterocycles. The van der Waals surface area contributed by atoms with Crippen molar-refractivity contribution >= 4 is 5.91 Å². The van der Waals surface area contributed by atoms with Gasteiger partial charge in [-0.3, -0.25) is 14.3 Å². The van der Waals surface area contributed by atoms with Crippen LogP contribution in [0.4, 0.5) is 0 Å². The molecule has 3 heterocycles. The minimum atomic E-state index is 0.0993. The number of pyridine rings is 1. The lowest BCUT2D eigenvalue weighted by Crippen LogP contribution is -2.38. The Balaban J connectivity index is 1.39. The van der Waals surface area contributed by atoms with Gasteiger partial charge < -0.3 is 4.90 Å². The van der Waals surface area contributed by atoms with Gasteiger partial charge in [-0.2, -0.15) is 0 Å². The number of amides is 1. The molecule has 4 rings (SSSR count). The Morgan fingerprint density at radius 3 is 2.50 bits per heavy atom. The fraction of sp³-hybridized carbons (Fsp3) is 0.300. The maximum atomic E-state index is 12.9. The number of benzene rings is 1. The average molecular weight is 347 g/mol. The van der Waals surface area contributed by atoms with E-state index in [2.05, 4.69) is 27.3 Å². The lowest BCUT2D eigenvalue weighted by molar-refractivity contribution is 0.0690. The molecule has 0 aliphatic carbocycles. The lowest BCUT2D eigenvalue weighted by Gasteiger charge is -2.32. The smallest absolute Gasteiger partial charge is 0.253 e. The fourth-order valence-electron chi connectivity index (χ4n) is 3.51. The van der Waals surface area contributed by atoms with Crippen molar-refractivity contribution in [3.8, 4) is 5.69 Å². The maximum Gasteiger partial charge on any atom is 0.253 e. The molecule has 0 bridgehead atoms. The van der Waals surface area contributed by atoms with Crippen molar-refractivity contribution in [1.29, 1.82) is 0 Å². The van der Waals surface area contributed by atoms with E-state index in [1.807, 2.05) is 41.6 Å².